The summed E-state index contributed by atoms with van der Waals surface area (Å²) in [5, 5.41) is 3.03. The lowest BCUT2D eigenvalue weighted by atomic mass is 10.0. The van der Waals surface area contributed by atoms with Gasteiger partial charge in [-0.2, -0.15) is 0 Å². The molecule has 0 bridgehead atoms. The Labute approximate surface area is 197 Å². The molecule has 0 spiro atoms. The molecule has 2 aromatic rings. The van der Waals surface area contributed by atoms with Gasteiger partial charge in [-0.15, -0.1) is 0 Å². The second-order valence-electron chi connectivity index (χ2n) is 8.63. The lowest BCUT2D eigenvalue weighted by molar-refractivity contribution is 0.0942. The minimum absolute atomic E-state index is 0.0759. The van der Waals surface area contributed by atoms with Crippen LogP contribution in [-0.2, 0) is 10.0 Å². The molecule has 1 fully saturated rings. The summed E-state index contributed by atoms with van der Waals surface area (Å²) in [4.78, 5) is 17.6. The second-order valence-corrected chi connectivity index (χ2v) is 10.8. The molecule has 1 aliphatic heterocycles. The Morgan fingerprint density at radius 2 is 1.79 bits per heavy atom. The van der Waals surface area contributed by atoms with Gasteiger partial charge in [0, 0.05) is 39.4 Å². The van der Waals surface area contributed by atoms with Gasteiger partial charge in [-0.05, 0) is 62.8 Å². The monoisotopic (exact) mass is 474 g/mol. The molecule has 0 aromatic heterocycles. The van der Waals surface area contributed by atoms with E-state index in [1.54, 1.807) is 19.2 Å². The third-order valence-corrected chi connectivity index (χ3v) is 7.81. The number of amides is 1. The number of likely N-dealkylation sites (N-methyl/N-ethyl adjacent to an activating group) is 1. The summed E-state index contributed by atoms with van der Waals surface area (Å²) in [7, 11) is 4.85. The van der Waals surface area contributed by atoms with E-state index in [1.165, 1.54) is 20.2 Å². The molecule has 1 N–H and O–H groups in total. The maximum atomic E-state index is 13.4. The van der Waals surface area contributed by atoms with Crippen molar-refractivity contribution in [2.24, 2.45) is 0 Å². The van der Waals surface area contributed by atoms with Crippen LogP contribution in [0.4, 0.5) is 5.69 Å². The van der Waals surface area contributed by atoms with Crippen molar-refractivity contribution in [3.8, 4) is 5.75 Å². The zero-order valence-corrected chi connectivity index (χ0v) is 20.9. The molecule has 1 saturated heterocycles. The minimum Gasteiger partial charge on any atom is -0.497 e. The highest BCUT2D eigenvalue weighted by Crippen LogP contribution is 2.29. The zero-order valence-electron chi connectivity index (χ0n) is 20.0. The van der Waals surface area contributed by atoms with Crippen LogP contribution >= 0.6 is 0 Å². The lowest BCUT2D eigenvalue weighted by Crippen LogP contribution is -2.35. The van der Waals surface area contributed by atoms with E-state index in [4.69, 9.17) is 4.74 Å². The van der Waals surface area contributed by atoms with Crippen LogP contribution in [0.15, 0.2) is 47.4 Å². The predicted molar refractivity (Wildman–Crippen MR) is 131 cm³/mol. The van der Waals surface area contributed by atoms with E-state index in [2.05, 4.69) is 10.2 Å². The van der Waals surface area contributed by atoms with Crippen LogP contribution in [0.2, 0.25) is 0 Å². The van der Waals surface area contributed by atoms with Crippen molar-refractivity contribution in [1.29, 1.82) is 0 Å². The smallest absolute Gasteiger partial charge is 0.253 e. The molecule has 180 valence electrons. The maximum Gasteiger partial charge on any atom is 0.253 e. The largest absolute Gasteiger partial charge is 0.497 e. The molecule has 0 saturated carbocycles. The Morgan fingerprint density at radius 1 is 1.09 bits per heavy atom. The van der Waals surface area contributed by atoms with Crippen molar-refractivity contribution < 1.29 is 17.9 Å². The number of carbonyl (C=O) groups is 1. The fraction of sp³-hybridized carbons (Fsp3) is 0.458. The fourth-order valence-corrected chi connectivity index (χ4v) is 4.96. The maximum absolute atomic E-state index is 13.4. The number of rotatable bonds is 9. The molecule has 1 aliphatic rings. The van der Waals surface area contributed by atoms with E-state index in [9.17, 15) is 13.2 Å². The number of methoxy groups -OCH3 is 1. The molecule has 0 aliphatic carbocycles. The van der Waals surface area contributed by atoms with E-state index < -0.39 is 10.0 Å². The van der Waals surface area contributed by atoms with Gasteiger partial charge in [0.25, 0.3) is 5.91 Å². The molecule has 8 nitrogen and oxygen atoms in total. The van der Waals surface area contributed by atoms with Gasteiger partial charge < -0.3 is 19.9 Å². The molecule has 1 atom stereocenters. The Bertz CT molecular complexity index is 1080. The third kappa shape index (κ3) is 5.66. The molecular formula is C24H34N4O4S. The summed E-state index contributed by atoms with van der Waals surface area (Å²) < 4.78 is 31.9. The molecule has 0 radical (unpaired) electrons. The number of hydrogen-bond donors (Lipinski definition) is 1. The average Bonchev–Trinajstić information content (AvgIpc) is 3.33. The number of benzene rings is 2. The van der Waals surface area contributed by atoms with Gasteiger partial charge in [-0.3, -0.25) is 4.79 Å². The molecule has 33 heavy (non-hydrogen) atoms. The first-order chi connectivity index (χ1) is 15.6. The fourth-order valence-electron chi connectivity index (χ4n) is 4.03. The van der Waals surface area contributed by atoms with Crippen LogP contribution in [0.5, 0.6) is 5.75 Å². The van der Waals surface area contributed by atoms with Gasteiger partial charge in [0.15, 0.2) is 0 Å². The highest BCUT2D eigenvalue weighted by atomic mass is 32.2. The van der Waals surface area contributed by atoms with E-state index >= 15 is 0 Å². The van der Waals surface area contributed by atoms with Crippen molar-refractivity contribution in [3.63, 3.8) is 0 Å². The highest BCUT2D eigenvalue weighted by molar-refractivity contribution is 7.89. The van der Waals surface area contributed by atoms with Crippen LogP contribution in [0.1, 0.15) is 34.8 Å². The van der Waals surface area contributed by atoms with Crippen LogP contribution in [-0.4, -0.2) is 78.5 Å². The van der Waals surface area contributed by atoms with E-state index in [-0.39, 0.29) is 16.8 Å². The number of nitrogens with zero attached hydrogens (tertiary/aromatic N) is 3. The first kappa shape index (κ1) is 25.0. The van der Waals surface area contributed by atoms with Crippen LogP contribution in [0.25, 0.3) is 0 Å². The number of hydrogen-bond acceptors (Lipinski definition) is 6. The molecule has 9 heteroatoms. The van der Waals surface area contributed by atoms with Crippen molar-refractivity contribution in [2.45, 2.75) is 23.8 Å². The number of carbonyl (C=O) groups excluding carboxylic acids is 1. The zero-order chi connectivity index (χ0) is 24.2. The van der Waals surface area contributed by atoms with Crippen LogP contribution in [0, 0.1) is 0 Å². The Morgan fingerprint density at radius 3 is 2.39 bits per heavy atom. The third-order valence-electron chi connectivity index (χ3n) is 6.00. The van der Waals surface area contributed by atoms with Crippen LogP contribution < -0.4 is 15.0 Å². The molecule has 3 rings (SSSR count). The summed E-state index contributed by atoms with van der Waals surface area (Å²) in [5.74, 6) is 0.464. The average molecular weight is 475 g/mol. The van der Waals surface area contributed by atoms with Gasteiger partial charge in [0.2, 0.25) is 10.0 Å². The number of ether oxygens (including phenoxy) is 1. The normalized spacial score (nSPS) is 15.2. The van der Waals surface area contributed by atoms with E-state index in [0.29, 0.717) is 12.1 Å². The molecule has 1 heterocycles. The van der Waals surface area contributed by atoms with Gasteiger partial charge >= 0.3 is 0 Å². The molecular weight excluding hydrogens is 440 g/mol. The minimum atomic E-state index is -3.66. The second kappa shape index (κ2) is 10.5. The first-order valence-electron chi connectivity index (χ1n) is 11.0. The lowest BCUT2D eigenvalue weighted by Gasteiger charge is -2.26. The number of anilines is 1. The van der Waals surface area contributed by atoms with Gasteiger partial charge in [0.1, 0.15) is 5.75 Å². The summed E-state index contributed by atoms with van der Waals surface area (Å²) in [6.45, 7) is 2.07. The summed E-state index contributed by atoms with van der Waals surface area (Å²) >= 11 is 0. The standard InChI is InChI=1S/C24H34N4O4S/c1-26(2)23(18-9-8-10-19(15-18)32-5)17-25-24(29)21-16-20(33(30,31)27(3)4)11-12-22(21)28-13-6-7-14-28/h8-12,15-16,23H,6-7,13-14,17H2,1-5H3,(H,25,29). The SMILES string of the molecule is COc1cccc(C(CNC(=O)c2cc(S(=O)(=O)N(C)C)ccc2N2CCCC2)N(C)C)c1. The van der Waals surface area contributed by atoms with Crippen molar-refractivity contribution in [3.05, 3.63) is 53.6 Å². The highest BCUT2D eigenvalue weighted by Gasteiger charge is 2.25. The van der Waals surface area contributed by atoms with Crippen molar-refractivity contribution in [1.82, 2.24) is 14.5 Å². The van der Waals surface area contributed by atoms with E-state index in [1.807, 2.05) is 43.3 Å². The summed E-state index contributed by atoms with van der Waals surface area (Å²) in [6.07, 6.45) is 2.11. The predicted octanol–water partition coefficient (Wildman–Crippen LogP) is 2.58. The van der Waals surface area contributed by atoms with Gasteiger partial charge in [-0.1, -0.05) is 12.1 Å². The van der Waals surface area contributed by atoms with Gasteiger partial charge in [0.05, 0.1) is 23.6 Å². The number of sulfonamides is 1. The van der Waals surface area contributed by atoms with Crippen LogP contribution in [0.3, 0.4) is 0 Å². The van der Waals surface area contributed by atoms with E-state index in [0.717, 1.165) is 47.2 Å². The Kier molecular flexibility index (Phi) is 7.99. The van der Waals surface area contributed by atoms with Crippen molar-refractivity contribution >= 4 is 21.6 Å². The molecule has 2 aromatic carbocycles. The molecule has 1 amide bonds. The molecule has 1 unspecified atom stereocenters. The quantitative estimate of drug-likeness (QED) is 0.602. The summed E-state index contributed by atoms with van der Waals surface area (Å²) in [5.41, 5.74) is 2.16. The Hall–Kier alpha value is -2.62. The first-order valence-corrected chi connectivity index (χ1v) is 12.5. The van der Waals surface area contributed by atoms with Crippen molar-refractivity contribution in [2.75, 3.05) is 59.8 Å². The topological polar surface area (TPSA) is 82.2 Å². The number of nitrogens with one attached hydrogen (secondary N) is 1. The summed E-state index contributed by atoms with van der Waals surface area (Å²) in [6, 6.07) is 12.5. The van der Waals surface area contributed by atoms with Gasteiger partial charge in [-0.25, -0.2) is 12.7 Å². The Balaban J connectivity index is 1.90.